The minimum Gasteiger partial charge on any atom is -0.466 e. The van der Waals surface area contributed by atoms with Gasteiger partial charge in [-0.2, -0.15) is 0 Å². The Bertz CT molecular complexity index is 1230. The lowest BCUT2D eigenvalue weighted by Crippen LogP contribution is -2.45. The van der Waals surface area contributed by atoms with E-state index >= 15 is 0 Å². The fourth-order valence-corrected chi connectivity index (χ4v) is 11.5. The monoisotopic (exact) mass is 1110 g/mol. The Balaban J connectivity index is 3.32. The van der Waals surface area contributed by atoms with Gasteiger partial charge in [0.1, 0.15) is 0 Å². The number of carbonyl (C=O) groups is 2. The molecule has 1 amide bonds. The van der Waals surface area contributed by atoms with Gasteiger partial charge in [0.05, 0.1) is 25.4 Å². The summed E-state index contributed by atoms with van der Waals surface area (Å²) in [6.45, 7) is 4.93. The highest BCUT2D eigenvalue weighted by atomic mass is 16.5. The molecule has 0 saturated heterocycles. The Morgan fingerprint density at radius 2 is 0.595 bits per heavy atom. The van der Waals surface area contributed by atoms with Gasteiger partial charge >= 0.3 is 5.97 Å². The van der Waals surface area contributed by atoms with E-state index in [2.05, 4.69) is 31.3 Å². The van der Waals surface area contributed by atoms with E-state index in [4.69, 9.17) is 4.74 Å². The number of hydrogen-bond acceptors (Lipinski definition) is 5. The Kier molecular flexibility index (Phi) is 67.4. The van der Waals surface area contributed by atoms with E-state index in [1.807, 2.05) is 6.08 Å². The van der Waals surface area contributed by atoms with Crippen LogP contribution >= 0.6 is 0 Å². The summed E-state index contributed by atoms with van der Waals surface area (Å²) in [6.07, 6.45) is 87.0. The number of ether oxygens (including phenoxy) is 1. The first kappa shape index (κ1) is 77.3. The lowest BCUT2D eigenvalue weighted by atomic mass is 10.0. The highest BCUT2D eigenvalue weighted by Gasteiger charge is 2.18. The van der Waals surface area contributed by atoms with Gasteiger partial charge in [-0.05, 0) is 57.8 Å². The molecule has 0 aromatic carbocycles. The van der Waals surface area contributed by atoms with E-state index in [1.165, 1.54) is 334 Å². The van der Waals surface area contributed by atoms with Crippen LogP contribution in [-0.2, 0) is 14.3 Å². The molecular weight excluding hydrogens is 971 g/mol. The predicted molar refractivity (Wildman–Crippen MR) is 347 cm³/mol. The van der Waals surface area contributed by atoms with Crippen molar-refractivity contribution in [3.63, 3.8) is 0 Å². The molecule has 0 aliphatic rings. The summed E-state index contributed by atoms with van der Waals surface area (Å²) in [5, 5.41) is 23.1. The number of esters is 1. The summed E-state index contributed by atoms with van der Waals surface area (Å²) in [6, 6.07) is -0.623. The molecule has 0 aromatic rings. The number of amides is 1. The molecule has 6 nitrogen and oxygen atoms in total. The Morgan fingerprint density at radius 1 is 0.342 bits per heavy atom. The Hall–Kier alpha value is -1.66. The second kappa shape index (κ2) is 68.8. The van der Waals surface area contributed by atoms with Crippen molar-refractivity contribution >= 4 is 11.9 Å². The zero-order valence-electron chi connectivity index (χ0n) is 53.6. The fraction of sp³-hybridized carbons (Fsp3) is 0.918. The minimum absolute atomic E-state index is 0.0141. The summed E-state index contributed by atoms with van der Waals surface area (Å²) in [7, 11) is 0. The third-order valence-electron chi connectivity index (χ3n) is 17.0. The first-order chi connectivity index (χ1) is 39.0. The van der Waals surface area contributed by atoms with Crippen molar-refractivity contribution in [2.45, 2.75) is 418 Å². The number of rotatable bonds is 68. The molecule has 3 N–H and O–H groups in total. The molecular formula is C73H141NO5. The van der Waals surface area contributed by atoms with Crippen LogP contribution in [0.25, 0.3) is 0 Å². The zero-order valence-corrected chi connectivity index (χ0v) is 53.6. The maximum Gasteiger partial charge on any atom is 0.305 e. The van der Waals surface area contributed by atoms with Gasteiger partial charge in [0.2, 0.25) is 5.91 Å². The van der Waals surface area contributed by atoms with Gasteiger partial charge in [0, 0.05) is 12.8 Å². The zero-order chi connectivity index (χ0) is 57.1. The number of hydrogen-bond donors (Lipinski definition) is 3. The summed E-state index contributed by atoms with van der Waals surface area (Å²) >= 11 is 0. The number of unbranched alkanes of at least 4 members (excludes halogenated alkanes) is 55. The summed E-state index contributed by atoms with van der Waals surface area (Å²) in [5.74, 6) is -0.0469. The molecule has 6 heteroatoms. The van der Waals surface area contributed by atoms with E-state index in [0.29, 0.717) is 19.4 Å². The van der Waals surface area contributed by atoms with Crippen LogP contribution in [0.4, 0.5) is 0 Å². The number of allylic oxidation sites excluding steroid dienone is 3. The molecule has 0 spiro atoms. The Labute approximate surface area is 494 Å². The molecule has 79 heavy (non-hydrogen) atoms. The van der Waals surface area contributed by atoms with Crippen molar-refractivity contribution < 1.29 is 24.5 Å². The number of nitrogens with one attached hydrogen (secondary N) is 1. The van der Waals surface area contributed by atoms with Gasteiger partial charge in [-0.3, -0.25) is 9.59 Å². The molecule has 0 saturated carbocycles. The van der Waals surface area contributed by atoms with Crippen LogP contribution in [0.3, 0.4) is 0 Å². The lowest BCUT2D eigenvalue weighted by Gasteiger charge is -2.20. The second-order valence-electron chi connectivity index (χ2n) is 24.9. The standard InChI is InChI=1S/C73H141NO5/c1-3-5-7-9-11-13-15-17-38-43-47-51-55-59-63-67-73(78)79-68-64-60-56-52-48-44-40-37-35-33-31-29-27-25-23-21-19-20-22-24-26-28-30-32-34-36-39-42-46-50-54-58-62-66-72(77)74-70(69-75)71(76)65-61-57-53-49-45-41-18-16-14-12-10-8-6-4-2/h17,38,61,65,70-71,75-76H,3-16,18-37,39-60,62-64,66-69H2,1-2H3,(H,74,77)/b38-17-,65-61+. The summed E-state index contributed by atoms with van der Waals surface area (Å²) in [5.41, 5.74) is 0. The molecule has 2 unspecified atom stereocenters. The first-order valence-corrected chi connectivity index (χ1v) is 36.1. The molecule has 0 aromatic heterocycles. The highest BCUT2D eigenvalue weighted by Crippen LogP contribution is 2.19. The number of carbonyl (C=O) groups excluding carboxylic acids is 2. The van der Waals surface area contributed by atoms with Crippen molar-refractivity contribution in [1.82, 2.24) is 5.32 Å². The lowest BCUT2D eigenvalue weighted by molar-refractivity contribution is -0.143. The van der Waals surface area contributed by atoms with Crippen LogP contribution in [0.5, 0.6) is 0 Å². The van der Waals surface area contributed by atoms with Crippen LogP contribution in [0.1, 0.15) is 406 Å². The van der Waals surface area contributed by atoms with Crippen molar-refractivity contribution in [2.24, 2.45) is 0 Å². The molecule has 0 rings (SSSR count). The maximum absolute atomic E-state index is 12.5. The topological polar surface area (TPSA) is 95.9 Å². The second-order valence-corrected chi connectivity index (χ2v) is 24.9. The molecule has 0 bridgehead atoms. The molecule has 0 aliphatic carbocycles. The maximum atomic E-state index is 12.5. The van der Waals surface area contributed by atoms with Crippen LogP contribution < -0.4 is 5.32 Å². The van der Waals surface area contributed by atoms with Crippen molar-refractivity contribution in [1.29, 1.82) is 0 Å². The minimum atomic E-state index is -0.840. The van der Waals surface area contributed by atoms with Gasteiger partial charge in [-0.25, -0.2) is 0 Å². The van der Waals surface area contributed by atoms with Crippen LogP contribution in [0.2, 0.25) is 0 Å². The fourth-order valence-electron chi connectivity index (χ4n) is 11.5. The van der Waals surface area contributed by atoms with Gasteiger partial charge in [0.15, 0.2) is 0 Å². The largest absolute Gasteiger partial charge is 0.466 e. The third kappa shape index (κ3) is 65.4. The predicted octanol–water partition coefficient (Wildman–Crippen LogP) is 23.3. The van der Waals surface area contributed by atoms with Crippen LogP contribution in [-0.4, -0.2) is 47.4 Å². The third-order valence-corrected chi connectivity index (χ3v) is 17.0. The van der Waals surface area contributed by atoms with Crippen LogP contribution in [0.15, 0.2) is 24.3 Å². The average molecular weight is 1110 g/mol. The summed E-state index contributed by atoms with van der Waals surface area (Å²) in [4.78, 5) is 24.6. The van der Waals surface area contributed by atoms with E-state index in [1.54, 1.807) is 6.08 Å². The van der Waals surface area contributed by atoms with Gasteiger partial charge in [-0.1, -0.05) is 359 Å². The van der Waals surface area contributed by atoms with Gasteiger partial charge in [-0.15, -0.1) is 0 Å². The van der Waals surface area contributed by atoms with Gasteiger partial charge < -0.3 is 20.3 Å². The molecule has 0 radical (unpaired) electrons. The van der Waals surface area contributed by atoms with E-state index in [0.717, 1.165) is 44.9 Å². The number of aliphatic hydroxyl groups is 2. The van der Waals surface area contributed by atoms with E-state index in [-0.39, 0.29) is 18.5 Å². The van der Waals surface area contributed by atoms with Crippen LogP contribution in [0, 0.1) is 0 Å². The van der Waals surface area contributed by atoms with Crippen molar-refractivity contribution in [3.05, 3.63) is 24.3 Å². The summed E-state index contributed by atoms with van der Waals surface area (Å²) < 4.78 is 5.50. The smallest absolute Gasteiger partial charge is 0.305 e. The van der Waals surface area contributed by atoms with Crippen molar-refractivity contribution in [3.8, 4) is 0 Å². The Morgan fingerprint density at radius 3 is 0.899 bits per heavy atom. The highest BCUT2D eigenvalue weighted by molar-refractivity contribution is 5.76. The SMILES string of the molecule is CCCCCCCC/C=C\CCCCCCCC(=O)OCCCCCCCCCCCCCCCCCCCCCCCCCCCCCCCCCCCC(=O)NC(CO)C(O)/C=C/CCCCCCCCCCCCCC. The van der Waals surface area contributed by atoms with Crippen molar-refractivity contribution in [2.75, 3.05) is 13.2 Å². The molecule has 2 atom stereocenters. The molecule has 0 aliphatic heterocycles. The van der Waals surface area contributed by atoms with E-state index < -0.39 is 12.1 Å². The van der Waals surface area contributed by atoms with E-state index in [9.17, 15) is 19.8 Å². The number of aliphatic hydroxyl groups excluding tert-OH is 2. The molecule has 468 valence electrons. The normalized spacial score (nSPS) is 12.6. The average Bonchev–Trinajstić information content (AvgIpc) is 3.45. The molecule has 0 heterocycles. The molecule has 0 fully saturated rings. The van der Waals surface area contributed by atoms with Gasteiger partial charge in [0.25, 0.3) is 0 Å². The first-order valence-electron chi connectivity index (χ1n) is 36.1. The quantitative estimate of drug-likeness (QED) is 0.0320.